The van der Waals surface area contributed by atoms with Crippen LogP contribution in [0.5, 0.6) is 11.9 Å². The number of carbonyl (C=O) groups is 1. The highest BCUT2D eigenvalue weighted by Gasteiger charge is 2.33. The lowest BCUT2D eigenvalue weighted by Crippen LogP contribution is -2.42. The van der Waals surface area contributed by atoms with Crippen LogP contribution >= 0.6 is 0 Å². The molecular weight excluding hydrogens is 377 g/mol. The molecule has 0 bridgehead atoms. The summed E-state index contributed by atoms with van der Waals surface area (Å²) in [5.41, 5.74) is -0.600. The van der Waals surface area contributed by atoms with Gasteiger partial charge in [0.25, 0.3) is 5.91 Å². The van der Waals surface area contributed by atoms with Crippen molar-refractivity contribution in [3.8, 4) is 11.9 Å². The summed E-state index contributed by atoms with van der Waals surface area (Å²) in [5.74, 6) is 0.288. The summed E-state index contributed by atoms with van der Waals surface area (Å²) in [4.78, 5) is 25.4. The minimum atomic E-state index is -4.55. The monoisotopic (exact) mass is 396 g/mol. The van der Waals surface area contributed by atoms with E-state index in [4.69, 9.17) is 9.47 Å². The third-order valence-electron chi connectivity index (χ3n) is 4.20. The molecule has 1 saturated heterocycles. The fourth-order valence-corrected chi connectivity index (χ4v) is 2.80. The van der Waals surface area contributed by atoms with E-state index in [2.05, 4.69) is 15.0 Å². The number of hydrogen-bond donors (Lipinski definition) is 0. The van der Waals surface area contributed by atoms with E-state index < -0.39 is 11.9 Å². The van der Waals surface area contributed by atoms with Gasteiger partial charge in [-0.25, -0.2) is 9.97 Å². The first kappa shape index (κ1) is 19.8. The van der Waals surface area contributed by atoms with Gasteiger partial charge in [0, 0.05) is 44.4 Å². The highest BCUT2D eigenvalue weighted by molar-refractivity contribution is 5.94. The molecule has 0 spiro atoms. The Morgan fingerprint density at radius 3 is 2.57 bits per heavy atom. The fraction of sp³-hybridized carbons (Fsp3) is 0.444. The van der Waals surface area contributed by atoms with Crippen molar-refractivity contribution >= 4 is 5.91 Å². The highest BCUT2D eigenvalue weighted by Crippen LogP contribution is 2.28. The predicted molar refractivity (Wildman–Crippen MR) is 92.0 cm³/mol. The van der Waals surface area contributed by atoms with Gasteiger partial charge in [-0.15, -0.1) is 0 Å². The van der Waals surface area contributed by atoms with Crippen molar-refractivity contribution in [1.82, 2.24) is 19.9 Å². The van der Waals surface area contributed by atoms with E-state index in [0.717, 1.165) is 12.3 Å². The average molecular weight is 396 g/mol. The molecule has 2 aromatic heterocycles. The van der Waals surface area contributed by atoms with Crippen molar-refractivity contribution in [2.24, 2.45) is 0 Å². The van der Waals surface area contributed by atoms with Crippen LogP contribution in [-0.4, -0.2) is 51.6 Å². The molecule has 1 fully saturated rings. The third-order valence-corrected chi connectivity index (χ3v) is 4.20. The van der Waals surface area contributed by atoms with Gasteiger partial charge in [-0.1, -0.05) is 0 Å². The number of piperidine rings is 1. The quantitative estimate of drug-likeness (QED) is 0.773. The molecule has 1 aliphatic heterocycles. The van der Waals surface area contributed by atoms with E-state index in [1.807, 2.05) is 6.92 Å². The zero-order valence-electron chi connectivity index (χ0n) is 15.1. The lowest BCUT2D eigenvalue weighted by Gasteiger charge is -2.31. The molecule has 0 radical (unpaired) electrons. The van der Waals surface area contributed by atoms with E-state index in [1.165, 1.54) is 6.20 Å². The number of aromatic nitrogens is 3. The maximum Gasteiger partial charge on any atom is 0.433 e. The molecular formula is C18H19F3N4O3. The van der Waals surface area contributed by atoms with Crippen LogP contribution in [0.1, 0.15) is 35.8 Å². The fourth-order valence-electron chi connectivity index (χ4n) is 2.80. The van der Waals surface area contributed by atoms with Crippen LogP contribution in [0.15, 0.2) is 30.6 Å². The second-order valence-electron chi connectivity index (χ2n) is 6.15. The second kappa shape index (κ2) is 8.41. The van der Waals surface area contributed by atoms with Crippen LogP contribution < -0.4 is 9.47 Å². The predicted octanol–water partition coefficient (Wildman–Crippen LogP) is 2.97. The molecule has 3 heterocycles. The number of nitrogens with zero attached hydrogens (tertiary/aromatic N) is 4. The molecule has 7 nitrogen and oxygen atoms in total. The number of likely N-dealkylation sites (tertiary alicyclic amines) is 1. The number of amides is 1. The molecule has 3 rings (SSSR count). The molecule has 1 aliphatic rings. The van der Waals surface area contributed by atoms with Crippen LogP contribution in [0, 0.1) is 0 Å². The Morgan fingerprint density at radius 2 is 1.96 bits per heavy atom. The molecule has 10 heteroatoms. The van der Waals surface area contributed by atoms with E-state index >= 15 is 0 Å². The van der Waals surface area contributed by atoms with Crippen molar-refractivity contribution in [1.29, 1.82) is 0 Å². The summed E-state index contributed by atoms with van der Waals surface area (Å²) in [6, 6.07) is 3.77. The molecule has 28 heavy (non-hydrogen) atoms. The first-order chi connectivity index (χ1) is 13.4. The van der Waals surface area contributed by atoms with E-state index in [-0.39, 0.29) is 18.0 Å². The SMILES string of the molecule is CCOc1ccc(C(=O)N2CCC(Oc3nccc(C(F)(F)F)n3)CC2)cn1. The van der Waals surface area contributed by atoms with Crippen molar-refractivity contribution in [2.45, 2.75) is 32.0 Å². The first-order valence-corrected chi connectivity index (χ1v) is 8.82. The summed E-state index contributed by atoms with van der Waals surface area (Å²) in [6.07, 6.45) is -1.49. The summed E-state index contributed by atoms with van der Waals surface area (Å²) in [6.45, 7) is 3.16. The van der Waals surface area contributed by atoms with Gasteiger partial charge in [-0.3, -0.25) is 4.79 Å². The number of hydrogen-bond acceptors (Lipinski definition) is 6. The van der Waals surface area contributed by atoms with Crippen LogP contribution in [0.2, 0.25) is 0 Å². The van der Waals surface area contributed by atoms with Gasteiger partial charge in [-0.2, -0.15) is 18.2 Å². The van der Waals surface area contributed by atoms with Crippen LogP contribution in [-0.2, 0) is 6.18 Å². The maximum atomic E-state index is 12.7. The largest absolute Gasteiger partial charge is 0.478 e. The highest BCUT2D eigenvalue weighted by atomic mass is 19.4. The van der Waals surface area contributed by atoms with E-state index in [1.54, 1.807) is 17.0 Å². The molecule has 0 atom stereocenters. The zero-order chi connectivity index (χ0) is 20.1. The summed E-state index contributed by atoms with van der Waals surface area (Å²) in [7, 11) is 0. The van der Waals surface area contributed by atoms with E-state index in [9.17, 15) is 18.0 Å². The Hall–Kier alpha value is -2.91. The van der Waals surface area contributed by atoms with Gasteiger partial charge in [0.2, 0.25) is 5.88 Å². The average Bonchev–Trinajstić information content (AvgIpc) is 2.68. The van der Waals surface area contributed by atoms with Crippen molar-refractivity contribution in [3.05, 3.63) is 41.9 Å². The summed E-state index contributed by atoms with van der Waals surface area (Å²) >= 11 is 0. The molecule has 2 aromatic rings. The third kappa shape index (κ3) is 4.87. The number of ether oxygens (including phenoxy) is 2. The molecule has 0 saturated carbocycles. The van der Waals surface area contributed by atoms with Crippen molar-refractivity contribution in [2.75, 3.05) is 19.7 Å². The van der Waals surface area contributed by atoms with Crippen molar-refractivity contribution < 1.29 is 27.4 Å². The molecule has 0 unspecified atom stereocenters. The Labute approximate surface area is 159 Å². The maximum absolute atomic E-state index is 12.7. The number of rotatable bonds is 5. The number of pyridine rings is 1. The number of alkyl halides is 3. The molecule has 0 N–H and O–H groups in total. The topological polar surface area (TPSA) is 77.4 Å². The van der Waals surface area contributed by atoms with Gasteiger partial charge >= 0.3 is 12.2 Å². The number of halogens is 3. The van der Waals surface area contributed by atoms with Crippen molar-refractivity contribution in [3.63, 3.8) is 0 Å². The lowest BCUT2D eigenvalue weighted by atomic mass is 10.1. The smallest absolute Gasteiger partial charge is 0.433 e. The van der Waals surface area contributed by atoms with Gasteiger partial charge in [-0.05, 0) is 19.1 Å². The van der Waals surface area contributed by atoms with Crippen LogP contribution in [0.4, 0.5) is 13.2 Å². The lowest BCUT2D eigenvalue weighted by molar-refractivity contribution is -0.141. The Balaban J connectivity index is 1.55. The standard InChI is InChI=1S/C18H19F3N4O3/c1-2-27-15-4-3-12(11-23-15)16(26)25-9-6-13(7-10-25)28-17-22-8-5-14(24-17)18(19,20)21/h3-5,8,11,13H,2,6-7,9-10H2,1H3. The summed E-state index contributed by atoms with van der Waals surface area (Å²) < 4.78 is 48.9. The van der Waals surface area contributed by atoms with Gasteiger partial charge < -0.3 is 14.4 Å². The summed E-state index contributed by atoms with van der Waals surface area (Å²) in [5, 5.41) is 0. The Morgan fingerprint density at radius 1 is 1.21 bits per heavy atom. The Bertz CT molecular complexity index is 806. The molecule has 150 valence electrons. The minimum Gasteiger partial charge on any atom is -0.478 e. The molecule has 0 aliphatic carbocycles. The first-order valence-electron chi connectivity index (χ1n) is 8.82. The van der Waals surface area contributed by atoms with Crippen LogP contribution in [0.3, 0.4) is 0 Å². The van der Waals surface area contributed by atoms with E-state index in [0.29, 0.717) is 44.0 Å². The second-order valence-corrected chi connectivity index (χ2v) is 6.15. The van der Waals surface area contributed by atoms with Gasteiger partial charge in [0.1, 0.15) is 6.10 Å². The zero-order valence-corrected chi connectivity index (χ0v) is 15.1. The van der Waals surface area contributed by atoms with Crippen LogP contribution in [0.25, 0.3) is 0 Å². The van der Waals surface area contributed by atoms with Gasteiger partial charge in [0.05, 0.1) is 12.2 Å². The molecule has 1 amide bonds. The van der Waals surface area contributed by atoms with Gasteiger partial charge in [0.15, 0.2) is 5.69 Å². The minimum absolute atomic E-state index is 0.163. The number of carbonyl (C=O) groups excluding carboxylic acids is 1. The normalized spacial score (nSPS) is 15.4. The molecule has 0 aromatic carbocycles. The Kier molecular flexibility index (Phi) is 5.96.